The molecule has 0 bridgehead atoms. The van der Waals surface area contributed by atoms with Crippen molar-refractivity contribution in [3.05, 3.63) is 10.9 Å². The molecule has 0 atom stereocenters. The van der Waals surface area contributed by atoms with Gasteiger partial charge in [-0.2, -0.15) is 10.2 Å². The number of nitrogens with zero attached hydrogens (tertiary/aromatic N) is 4. The lowest BCUT2D eigenvalue weighted by Crippen LogP contribution is -2.20. The maximum atomic E-state index is 8.64. The van der Waals surface area contributed by atoms with Crippen molar-refractivity contribution in [1.29, 1.82) is 5.26 Å². The van der Waals surface area contributed by atoms with Crippen molar-refractivity contribution in [3.8, 4) is 6.07 Å². The van der Waals surface area contributed by atoms with E-state index < -0.39 is 0 Å². The van der Waals surface area contributed by atoms with E-state index in [2.05, 4.69) is 29.0 Å². The second-order valence-corrected chi connectivity index (χ2v) is 5.14. The summed E-state index contributed by atoms with van der Waals surface area (Å²) in [6.07, 6.45) is 1.44. The van der Waals surface area contributed by atoms with Crippen molar-refractivity contribution in [2.45, 2.75) is 19.8 Å². The predicted molar refractivity (Wildman–Crippen MR) is 74.7 cm³/mol. The molecule has 2 heterocycles. The van der Waals surface area contributed by atoms with Crippen molar-refractivity contribution in [2.75, 3.05) is 24.2 Å². The summed E-state index contributed by atoms with van der Waals surface area (Å²) in [6.45, 7) is 2.75. The molecule has 18 heavy (non-hydrogen) atoms. The number of aryl methyl sites for hydroxylation is 1. The Labute approximate surface area is 110 Å². The van der Waals surface area contributed by atoms with Crippen LogP contribution in [0.25, 0.3) is 10.2 Å². The van der Waals surface area contributed by atoms with Gasteiger partial charge in [0.15, 0.2) is 0 Å². The Kier molecular flexibility index (Phi) is 3.63. The fourth-order valence-electron chi connectivity index (χ4n) is 1.76. The van der Waals surface area contributed by atoms with Gasteiger partial charge in [0, 0.05) is 18.5 Å². The first-order valence-electron chi connectivity index (χ1n) is 5.79. The third-order valence-corrected chi connectivity index (χ3v) is 3.88. The Morgan fingerprint density at radius 3 is 2.94 bits per heavy atom. The van der Waals surface area contributed by atoms with Gasteiger partial charge in [0.1, 0.15) is 10.6 Å². The fraction of sp³-hybridized carbons (Fsp3) is 0.417. The number of fused-ring (bicyclic) bond motifs is 1. The summed E-state index contributed by atoms with van der Waals surface area (Å²) in [4.78, 5) is 12.7. The number of nitrogens with two attached hydrogens (primary N) is 1. The Bertz CT molecular complexity index is 598. The lowest BCUT2D eigenvalue weighted by atomic mass is 10.3. The van der Waals surface area contributed by atoms with Crippen LogP contribution in [0.4, 0.5) is 11.8 Å². The second-order valence-electron chi connectivity index (χ2n) is 4.02. The van der Waals surface area contributed by atoms with Gasteiger partial charge in [-0.05, 0) is 12.5 Å². The molecule has 0 aliphatic carbocycles. The molecule has 0 spiro atoms. The molecule has 2 aromatic rings. The van der Waals surface area contributed by atoms with Gasteiger partial charge in [-0.25, -0.2) is 4.98 Å². The monoisotopic (exact) mass is 261 g/mol. The molecular weight excluding hydrogens is 246 g/mol. The number of hydrogen-bond acceptors (Lipinski definition) is 6. The summed E-state index contributed by atoms with van der Waals surface area (Å²) in [5.41, 5.74) is 5.73. The first-order chi connectivity index (χ1) is 8.65. The zero-order valence-corrected chi connectivity index (χ0v) is 11.3. The highest BCUT2D eigenvalue weighted by molar-refractivity contribution is 7.18. The highest BCUT2D eigenvalue weighted by Crippen LogP contribution is 2.31. The van der Waals surface area contributed by atoms with Crippen LogP contribution in [0.2, 0.25) is 0 Å². The van der Waals surface area contributed by atoms with Crippen LogP contribution in [0.5, 0.6) is 0 Å². The molecule has 2 N–H and O–H groups in total. The quantitative estimate of drug-likeness (QED) is 0.912. The molecule has 2 rings (SSSR count). The summed E-state index contributed by atoms with van der Waals surface area (Å²) in [7, 11) is 1.92. The first-order valence-corrected chi connectivity index (χ1v) is 6.61. The number of nitriles is 1. The van der Waals surface area contributed by atoms with E-state index in [0.29, 0.717) is 13.0 Å². The van der Waals surface area contributed by atoms with E-state index in [1.54, 1.807) is 11.3 Å². The molecule has 0 aliphatic rings. The largest absolute Gasteiger partial charge is 0.368 e. The van der Waals surface area contributed by atoms with Crippen molar-refractivity contribution in [2.24, 2.45) is 0 Å². The molecule has 0 aliphatic heterocycles. The molecule has 0 aromatic carbocycles. The molecule has 0 fully saturated rings. The molecule has 94 valence electrons. The Morgan fingerprint density at radius 1 is 1.50 bits per heavy atom. The van der Waals surface area contributed by atoms with E-state index >= 15 is 0 Å². The van der Waals surface area contributed by atoms with E-state index in [1.807, 2.05) is 11.9 Å². The molecule has 2 aromatic heterocycles. The van der Waals surface area contributed by atoms with Crippen LogP contribution in [0, 0.1) is 11.3 Å². The lowest BCUT2D eigenvalue weighted by Gasteiger charge is -2.17. The van der Waals surface area contributed by atoms with E-state index in [0.717, 1.165) is 22.5 Å². The van der Waals surface area contributed by atoms with Crippen LogP contribution in [0.1, 0.15) is 18.2 Å². The number of anilines is 2. The van der Waals surface area contributed by atoms with Crippen LogP contribution >= 0.6 is 11.3 Å². The SMILES string of the molecule is CCc1cc2c(N(C)CCC#N)nc(N)nc2s1. The van der Waals surface area contributed by atoms with Gasteiger partial charge in [-0.1, -0.05) is 6.92 Å². The Morgan fingerprint density at radius 2 is 2.28 bits per heavy atom. The molecular formula is C12H15N5S. The predicted octanol–water partition coefficient (Wildman–Crippen LogP) is 2.19. The van der Waals surface area contributed by atoms with Gasteiger partial charge in [0.2, 0.25) is 5.95 Å². The van der Waals surface area contributed by atoms with Crippen LogP contribution in [0.3, 0.4) is 0 Å². The summed E-state index contributed by atoms with van der Waals surface area (Å²) < 4.78 is 0. The second kappa shape index (κ2) is 5.19. The molecule has 5 nitrogen and oxygen atoms in total. The van der Waals surface area contributed by atoms with Gasteiger partial charge in [-0.15, -0.1) is 11.3 Å². The Hall–Kier alpha value is -1.87. The van der Waals surface area contributed by atoms with Crippen molar-refractivity contribution in [3.63, 3.8) is 0 Å². The molecule has 0 saturated heterocycles. The minimum Gasteiger partial charge on any atom is -0.368 e. The summed E-state index contributed by atoms with van der Waals surface area (Å²) >= 11 is 1.64. The van der Waals surface area contributed by atoms with E-state index in [9.17, 15) is 0 Å². The topological polar surface area (TPSA) is 78.8 Å². The van der Waals surface area contributed by atoms with Crippen LogP contribution in [0.15, 0.2) is 6.07 Å². The third-order valence-electron chi connectivity index (χ3n) is 2.71. The normalized spacial score (nSPS) is 10.5. The van der Waals surface area contributed by atoms with Crippen LogP contribution in [-0.2, 0) is 6.42 Å². The maximum Gasteiger partial charge on any atom is 0.223 e. The van der Waals surface area contributed by atoms with Gasteiger partial charge in [0.25, 0.3) is 0 Å². The minimum atomic E-state index is 0.283. The van der Waals surface area contributed by atoms with Crippen molar-refractivity contribution >= 4 is 33.3 Å². The smallest absolute Gasteiger partial charge is 0.223 e. The number of aromatic nitrogens is 2. The minimum absolute atomic E-state index is 0.283. The molecule has 0 amide bonds. The summed E-state index contributed by atoms with van der Waals surface area (Å²) in [5, 5.41) is 9.66. The van der Waals surface area contributed by atoms with Crippen molar-refractivity contribution < 1.29 is 0 Å². The fourth-order valence-corrected chi connectivity index (χ4v) is 2.73. The van der Waals surface area contributed by atoms with Gasteiger partial charge in [-0.3, -0.25) is 0 Å². The molecule has 0 radical (unpaired) electrons. The van der Waals surface area contributed by atoms with Gasteiger partial charge >= 0.3 is 0 Å². The van der Waals surface area contributed by atoms with Crippen LogP contribution < -0.4 is 10.6 Å². The lowest BCUT2D eigenvalue weighted by molar-refractivity contribution is 0.889. The number of thiophene rings is 1. The van der Waals surface area contributed by atoms with E-state index in [4.69, 9.17) is 11.0 Å². The molecule has 6 heteroatoms. The third kappa shape index (κ3) is 2.36. The Balaban J connectivity index is 2.48. The first kappa shape index (κ1) is 12.6. The standard InChI is InChI=1S/C12H15N5S/c1-3-8-7-9-10(17(2)6-4-5-13)15-12(14)16-11(9)18-8/h7H,3-4,6H2,1-2H3,(H2,14,15,16). The van der Waals surface area contributed by atoms with Crippen LogP contribution in [-0.4, -0.2) is 23.6 Å². The number of nitrogen functional groups attached to an aromatic ring is 1. The van der Waals surface area contributed by atoms with E-state index in [1.165, 1.54) is 4.88 Å². The van der Waals surface area contributed by atoms with E-state index in [-0.39, 0.29) is 5.95 Å². The zero-order valence-electron chi connectivity index (χ0n) is 10.5. The maximum absolute atomic E-state index is 8.64. The highest BCUT2D eigenvalue weighted by atomic mass is 32.1. The summed E-state index contributed by atoms with van der Waals surface area (Å²) in [5.74, 6) is 1.09. The van der Waals surface area contributed by atoms with Gasteiger partial charge in [0.05, 0.1) is 17.9 Å². The average molecular weight is 261 g/mol. The molecule has 0 unspecified atom stereocenters. The van der Waals surface area contributed by atoms with Gasteiger partial charge < -0.3 is 10.6 Å². The average Bonchev–Trinajstić information content (AvgIpc) is 2.77. The zero-order chi connectivity index (χ0) is 13.1. The van der Waals surface area contributed by atoms with Crippen molar-refractivity contribution in [1.82, 2.24) is 9.97 Å². The molecule has 0 saturated carbocycles. The number of hydrogen-bond donors (Lipinski definition) is 1. The summed E-state index contributed by atoms with van der Waals surface area (Å²) in [6, 6.07) is 4.24. The highest BCUT2D eigenvalue weighted by Gasteiger charge is 2.13. The number of rotatable bonds is 4.